The number of aliphatic carboxylic acids is 1. The standard InChI is InChI=1S/C5H6O4/c6-2-1-4(7)3-5(8)9/h2-3,7H,1H2,(H,8,9). The van der Waals surface area contributed by atoms with Gasteiger partial charge < -0.3 is 15.0 Å². The average Bonchev–Trinajstić information content (AvgIpc) is 1.63. The molecule has 0 atom stereocenters. The van der Waals surface area contributed by atoms with E-state index < -0.39 is 11.7 Å². The number of aliphatic hydroxyl groups excluding tert-OH is 1. The van der Waals surface area contributed by atoms with E-state index in [9.17, 15) is 9.59 Å². The first-order valence-corrected chi connectivity index (χ1v) is 2.23. The Bertz CT molecular complexity index is 147. The van der Waals surface area contributed by atoms with Crippen LogP contribution in [0.5, 0.6) is 0 Å². The summed E-state index contributed by atoms with van der Waals surface area (Å²) in [5.41, 5.74) is 0. The molecule has 0 heterocycles. The minimum atomic E-state index is -1.26. The van der Waals surface area contributed by atoms with E-state index in [-0.39, 0.29) is 6.42 Å². The highest BCUT2D eigenvalue weighted by Crippen LogP contribution is 1.90. The molecule has 0 saturated carbocycles. The Balaban J connectivity index is 3.83. The van der Waals surface area contributed by atoms with Crippen LogP contribution >= 0.6 is 0 Å². The number of hydrogen-bond acceptors (Lipinski definition) is 3. The molecule has 0 bridgehead atoms. The predicted molar refractivity (Wildman–Crippen MR) is 29.0 cm³/mol. The molecule has 0 aliphatic heterocycles. The van der Waals surface area contributed by atoms with Gasteiger partial charge >= 0.3 is 5.97 Å². The quantitative estimate of drug-likeness (QED) is 0.323. The second-order valence-corrected chi connectivity index (χ2v) is 1.34. The molecule has 0 aromatic rings. The van der Waals surface area contributed by atoms with Crippen LogP contribution in [0.4, 0.5) is 0 Å². The highest BCUT2D eigenvalue weighted by Gasteiger charge is 1.94. The number of carbonyl (C=O) groups is 2. The molecule has 4 heteroatoms. The number of aldehydes is 1. The van der Waals surface area contributed by atoms with Crippen molar-refractivity contribution in [2.24, 2.45) is 0 Å². The Morgan fingerprint density at radius 3 is 2.33 bits per heavy atom. The van der Waals surface area contributed by atoms with E-state index in [1.807, 2.05) is 0 Å². The summed E-state index contributed by atoms with van der Waals surface area (Å²) in [6, 6.07) is 0. The Morgan fingerprint density at radius 2 is 2.00 bits per heavy atom. The molecule has 0 fully saturated rings. The van der Waals surface area contributed by atoms with Crippen LogP contribution in [0.2, 0.25) is 0 Å². The molecule has 2 N–H and O–H groups in total. The molecule has 50 valence electrons. The third-order valence-corrected chi connectivity index (χ3v) is 0.583. The molecule has 0 saturated heterocycles. The van der Waals surface area contributed by atoms with Crippen LogP contribution in [0.15, 0.2) is 11.8 Å². The third kappa shape index (κ3) is 4.53. The minimum Gasteiger partial charge on any atom is -0.512 e. The highest BCUT2D eigenvalue weighted by molar-refractivity contribution is 5.80. The van der Waals surface area contributed by atoms with Gasteiger partial charge in [0.25, 0.3) is 0 Å². The molecule has 4 nitrogen and oxygen atoms in total. The Labute approximate surface area is 51.4 Å². The van der Waals surface area contributed by atoms with Crippen LogP contribution in [0.3, 0.4) is 0 Å². The minimum absolute atomic E-state index is 0.244. The normalized spacial score (nSPS) is 10.9. The maximum Gasteiger partial charge on any atom is 0.331 e. The van der Waals surface area contributed by atoms with Gasteiger partial charge in [0.2, 0.25) is 0 Å². The zero-order valence-corrected chi connectivity index (χ0v) is 4.57. The lowest BCUT2D eigenvalue weighted by molar-refractivity contribution is -0.131. The van der Waals surface area contributed by atoms with Crippen LogP contribution in [-0.4, -0.2) is 22.5 Å². The van der Waals surface area contributed by atoms with Crippen LogP contribution in [0.1, 0.15) is 6.42 Å². The lowest BCUT2D eigenvalue weighted by Gasteiger charge is -1.86. The van der Waals surface area contributed by atoms with Crippen molar-refractivity contribution in [3.63, 3.8) is 0 Å². The first-order chi connectivity index (χ1) is 4.16. The lowest BCUT2D eigenvalue weighted by Crippen LogP contribution is -1.91. The van der Waals surface area contributed by atoms with E-state index in [0.717, 1.165) is 0 Å². The number of allylic oxidation sites excluding steroid dienone is 1. The number of carbonyl (C=O) groups excluding carboxylic acids is 1. The third-order valence-electron chi connectivity index (χ3n) is 0.583. The van der Waals surface area contributed by atoms with Crippen molar-refractivity contribution in [3.8, 4) is 0 Å². The second kappa shape index (κ2) is 3.65. The zero-order valence-electron chi connectivity index (χ0n) is 4.57. The predicted octanol–water partition coefficient (Wildman–Crippen LogP) is 0.102. The smallest absolute Gasteiger partial charge is 0.331 e. The Morgan fingerprint density at radius 1 is 1.44 bits per heavy atom. The van der Waals surface area contributed by atoms with Crippen LogP contribution in [0, 0.1) is 0 Å². The molecule has 0 aromatic heterocycles. The van der Waals surface area contributed by atoms with Crippen molar-refractivity contribution < 1.29 is 19.8 Å². The molecule has 0 aliphatic carbocycles. The van der Waals surface area contributed by atoms with E-state index in [2.05, 4.69) is 0 Å². The van der Waals surface area contributed by atoms with Crippen LogP contribution in [0.25, 0.3) is 0 Å². The fraction of sp³-hybridized carbons (Fsp3) is 0.200. The van der Waals surface area contributed by atoms with Gasteiger partial charge in [-0.2, -0.15) is 0 Å². The molecular formula is C5H6O4. The van der Waals surface area contributed by atoms with Gasteiger partial charge in [0.1, 0.15) is 12.0 Å². The first kappa shape index (κ1) is 7.68. The second-order valence-electron chi connectivity index (χ2n) is 1.34. The van der Waals surface area contributed by atoms with Crippen molar-refractivity contribution >= 4 is 12.3 Å². The summed E-state index contributed by atoms with van der Waals surface area (Å²) >= 11 is 0. The van der Waals surface area contributed by atoms with Gasteiger partial charge in [-0.1, -0.05) is 0 Å². The van der Waals surface area contributed by atoms with Crippen molar-refractivity contribution in [2.45, 2.75) is 6.42 Å². The summed E-state index contributed by atoms with van der Waals surface area (Å²) in [5, 5.41) is 16.4. The summed E-state index contributed by atoms with van der Waals surface area (Å²) in [6.45, 7) is 0. The van der Waals surface area contributed by atoms with Gasteiger partial charge in [0.05, 0.1) is 12.5 Å². The van der Waals surface area contributed by atoms with E-state index in [0.29, 0.717) is 12.4 Å². The molecule has 0 spiro atoms. The van der Waals surface area contributed by atoms with E-state index in [4.69, 9.17) is 10.2 Å². The SMILES string of the molecule is O=CCC(O)=CC(=O)O. The Kier molecular flexibility index (Phi) is 3.12. The lowest BCUT2D eigenvalue weighted by atomic mass is 10.3. The van der Waals surface area contributed by atoms with Gasteiger partial charge in [0.15, 0.2) is 0 Å². The number of rotatable bonds is 3. The molecule has 0 radical (unpaired) electrons. The monoisotopic (exact) mass is 130 g/mol. The van der Waals surface area contributed by atoms with Crippen molar-refractivity contribution in [2.75, 3.05) is 0 Å². The van der Waals surface area contributed by atoms with Crippen LogP contribution < -0.4 is 0 Å². The number of hydrogen-bond donors (Lipinski definition) is 2. The highest BCUT2D eigenvalue weighted by atomic mass is 16.4. The van der Waals surface area contributed by atoms with Crippen molar-refractivity contribution in [1.29, 1.82) is 0 Å². The fourth-order valence-corrected chi connectivity index (χ4v) is 0.287. The summed E-state index contributed by atoms with van der Waals surface area (Å²) < 4.78 is 0. The van der Waals surface area contributed by atoms with Gasteiger partial charge in [0, 0.05) is 0 Å². The summed E-state index contributed by atoms with van der Waals surface area (Å²) in [4.78, 5) is 19.3. The van der Waals surface area contributed by atoms with E-state index in [1.165, 1.54) is 0 Å². The molecule has 0 unspecified atom stereocenters. The van der Waals surface area contributed by atoms with Gasteiger partial charge in [-0.3, -0.25) is 0 Å². The summed E-state index contributed by atoms with van der Waals surface area (Å²) in [6.07, 6.45) is 0.759. The average molecular weight is 130 g/mol. The fourth-order valence-electron chi connectivity index (χ4n) is 0.287. The van der Waals surface area contributed by atoms with Crippen molar-refractivity contribution in [3.05, 3.63) is 11.8 Å². The molecule has 0 aliphatic rings. The zero-order chi connectivity index (χ0) is 7.28. The van der Waals surface area contributed by atoms with E-state index in [1.54, 1.807) is 0 Å². The Hall–Kier alpha value is -1.32. The molecule has 0 aromatic carbocycles. The molecule has 9 heavy (non-hydrogen) atoms. The summed E-state index contributed by atoms with van der Waals surface area (Å²) in [7, 11) is 0. The molecular weight excluding hydrogens is 124 g/mol. The topological polar surface area (TPSA) is 74.6 Å². The maximum absolute atomic E-state index is 9.73. The van der Waals surface area contributed by atoms with Crippen LogP contribution in [-0.2, 0) is 9.59 Å². The number of carboxylic acid groups (broad SMARTS) is 1. The maximum atomic E-state index is 9.73. The number of aliphatic hydroxyl groups is 1. The van der Waals surface area contributed by atoms with Gasteiger partial charge in [-0.15, -0.1) is 0 Å². The largest absolute Gasteiger partial charge is 0.512 e. The van der Waals surface area contributed by atoms with Crippen molar-refractivity contribution in [1.82, 2.24) is 0 Å². The molecule has 0 amide bonds. The summed E-state index contributed by atoms with van der Waals surface area (Å²) in [5.74, 6) is -1.69. The molecule has 0 rings (SSSR count). The van der Waals surface area contributed by atoms with E-state index >= 15 is 0 Å². The first-order valence-electron chi connectivity index (χ1n) is 2.23. The van der Waals surface area contributed by atoms with Gasteiger partial charge in [-0.25, -0.2) is 4.79 Å². The van der Waals surface area contributed by atoms with Gasteiger partial charge in [-0.05, 0) is 0 Å². The number of carboxylic acids is 1.